The Kier molecular flexibility index (Phi) is 9.72. The summed E-state index contributed by atoms with van der Waals surface area (Å²) in [5.74, 6) is 2.88. The molecule has 6 heteroatoms. The Labute approximate surface area is 243 Å². The smallest absolute Gasteiger partial charge is 0.308 e. The second-order valence-electron chi connectivity index (χ2n) is 15.3. The third kappa shape index (κ3) is 6.00. The molecule has 6 nitrogen and oxygen atoms in total. The number of carbonyl (C=O) groups excluding carboxylic acids is 2. The predicted octanol–water partition coefficient (Wildman–Crippen LogP) is 6.96. The number of hydrogen-bond donors (Lipinski definition) is 1. The van der Waals surface area contributed by atoms with Gasteiger partial charge >= 0.3 is 11.9 Å². The summed E-state index contributed by atoms with van der Waals surface area (Å²) in [6.45, 7) is 15.3. The molecule has 0 spiro atoms. The fraction of sp³-hybridized carbons (Fsp3) is 0.941. The van der Waals surface area contributed by atoms with Crippen LogP contribution in [0.2, 0.25) is 0 Å². The first kappa shape index (κ1) is 31.8. The van der Waals surface area contributed by atoms with Crippen LogP contribution in [0, 0.1) is 52.3 Å². The molecule has 4 aliphatic carbocycles. The van der Waals surface area contributed by atoms with Gasteiger partial charge in [0.1, 0.15) is 11.7 Å². The van der Waals surface area contributed by atoms with Crippen molar-refractivity contribution in [1.29, 1.82) is 0 Å². The Hall–Kier alpha value is -1.14. The van der Waals surface area contributed by atoms with E-state index in [1.165, 1.54) is 19.3 Å². The molecule has 230 valence electrons. The molecule has 0 heterocycles. The van der Waals surface area contributed by atoms with Crippen LogP contribution in [0.5, 0.6) is 0 Å². The van der Waals surface area contributed by atoms with Gasteiger partial charge in [-0.25, -0.2) is 0 Å². The molecule has 0 amide bonds. The van der Waals surface area contributed by atoms with Crippen LogP contribution in [-0.2, 0) is 23.8 Å². The van der Waals surface area contributed by atoms with Gasteiger partial charge in [-0.3, -0.25) is 9.59 Å². The van der Waals surface area contributed by atoms with Crippen LogP contribution >= 0.6 is 0 Å². The highest BCUT2D eigenvalue weighted by atomic mass is 16.6. The van der Waals surface area contributed by atoms with Crippen molar-refractivity contribution in [2.75, 3.05) is 13.7 Å². The maximum atomic E-state index is 12.6. The summed E-state index contributed by atoms with van der Waals surface area (Å²) < 4.78 is 16.8. The molecule has 0 aromatic heterocycles. The molecular formula is C34H58O6. The number of esters is 2. The molecule has 4 rings (SSSR count). The van der Waals surface area contributed by atoms with Crippen LogP contribution in [0.4, 0.5) is 0 Å². The van der Waals surface area contributed by atoms with Gasteiger partial charge in [-0.05, 0) is 124 Å². The molecule has 4 aliphatic rings. The van der Waals surface area contributed by atoms with E-state index in [-0.39, 0.29) is 40.9 Å². The number of ether oxygens (including phenoxy) is 3. The topological polar surface area (TPSA) is 82.1 Å². The zero-order valence-corrected chi connectivity index (χ0v) is 26.7. The van der Waals surface area contributed by atoms with Crippen molar-refractivity contribution in [1.82, 2.24) is 0 Å². The maximum absolute atomic E-state index is 12.6. The van der Waals surface area contributed by atoms with Crippen LogP contribution in [0.3, 0.4) is 0 Å². The first-order valence-electron chi connectivity index (χ1n) is 16.4. The van der Waals surface area contributed by atoms with Gasteiger partial charge in [0.05, 0.1) is 18.6 Å². The van der Waals surface area contributed by atoms with Crippen LogP contribution in [0.1, 0.15) is 119 Å². The first-order valence-corrected chi connectivity index (χ1v) is 16.4. The number of hydrogen-bond acceptors (Lipinski definition) is 6. The second kappa shape index (κ2) is 12.2. The number of aliphatic hydroxyl groups is 1. The van der Waals surface area contributed by atoms with E-state index in [4.69, 9.17) is 14.2 Å². The van der Waals surface area contributed by atoms with Gasteiger partial charge in [-0.15, -0.1) is 0 Å². The van der Waals surface area contributed by atoms with Crippen molar-refractivity contribution < 1.29 is 28.9 Å². The maximum Gasteiger partial charge on any atom is 0.308 e. The van der Waals surface area contributed by atoms with E-state index in [9.17, 15) is 14.7 Å². The monoisotopic (exact) mass is 562 g/mol. The minimum atomic E-state index is -0.613. The number of carbonyl (C=O) groups is 2. The van der Waals surface area contributed by atoms with E-state index in [2.05, 4.69) is 20.8 Å². The molecule has 11 atom stereocenters. The normalized spacial score (nSPS) is 40.8. The number of aliphatic hydroxyl groups excluding tert-OH is 1. The first-order chi connectivity index (χ1) is 18.8. The standard InChI is InChI=1S/C34H58O6/c1-9-21(2)31(37)39-24-16-17-33(6)23(18-24)11-12-25-27-14-13-26(34(27,7)29(35)19-28(25)33)22(3)10-15-30(36)40-32(4,5)20-38-8/h21-29,35H,9-20H2,1-8H3. The Morgan fingerprint density at radius 2 is 1.75 bits per heavy atom. The van der Waals surface area contributed by atoms with Gasteiger partial charge in [0.2, 0.25) is 0 Å². The third-order valence-electron chi connectivity index (χ3n) is 12.5. The summed E-state index contributed by atoms with van der Waals surface area (Å²) in [5.41, 5.74) is -0.489. The van der Waals surface area contributed by atoms with E-state index < -0.39 is 5.60 Å². The van der Waals surface area contributed by atoms with Crippen molar-refractivity contribution in [3.05, 3.63) is 0 Å². The zero-order chi connectivity index (χ0) is 29.5. The van der Waals surface area contributed by atoms with Crippen LogP contribution in [0.25, 0.3) is 0 Å². The SMILES string of the molecule is CCC(C)C(=O)OC1CCC2(C)C(CCC3C2CC(O)C2(C)C(C(C)CCC(=O)OC(C)(C)COC)CCC32)C1. The summed E-state index contributed by atoms with van der Waals surface area (Å²) in [6, 6.07) is 0. The van der Waals surface area contributed by atoms with Gasteiger partial charge in [-0.1, -0.05) is 34.6 Å². The molecule has 0 radical (unpaired) electrons. The fourth-order valence-corrected chi connectivity index (χ4v) is 9.98. The van der Waals surface area contributed by atoms with Crippen LogP contribution in [0.15, 0.2) is 0 Å². The lowest BCUT2D eigenvalue weighted by atomic mass is 9.43. The highest BCUT2D eigenvalue weighted by molar-refractivity contribution is 5.72. The summed E-state index contributed by atoms with van der Waals surface area (Å²) in [6.07, 6.45) is 10.5. The number of methoxy groups -OCH3 is 1. The van der Waals surface area contributed by atoms with E-state index in [1.807, 2.05) is 27.7 Å². The minimum Gasteiger partial charge on any atom is -0.462 e. The van der Waals surface area contributed by atoms with E-state index >= 15 is 0 Å². The predicted molar refractivity (Wildman–Crippen MR) is 156 cm³/mol. The largest absolute Gasteiger partial charge is 0.462 e. The van der Waals surface area contributed by atoms with Gasteiger partial charge in [-0.2, -0.15) is 0 Å². The van der Waals surface area contributed by atoms with Gasteiger partial charge in [0.15, 0.2) is 0 Å². The molecular weight excluding hydrogens is 504 g/mol. The molecule has 0 aliphatic heterocycles. The molecule has 0 aromatic carbocycles. The van der Waals surface area contributed by atoms with E-state index in [1.54, 1.807) is 7.11 Å². The summed E-state index contributed by atoms with van der Waals surface area (Å²) in [5, 5.41) is 11.9. The highest BCUT2D eigenvalue weighted by Gasteiger charge is 2.63. The third-order valence-corrected chi connectivity index (χ3v) is 12.5. The molecule has 4 saturated carbocycles. The van der Waals surface area contributed by atoms with Gasteiger partial charge < -0.3 is 19.3 Å². The minimum absolute atomic E-state index is 0.0268. The molecule has 0 bridgehead atoms. The van der Waals surface area contributed by atoms with E-state index in [0.717, 1.165) is 44.9 Å². The number of rotatable bonds is 10. The second-order valence-corrected chi connectivity index (χ2v) is 15.3. The molecule has 40 heavy (non-hydrogen) atoms. The lowest BCUT2D eigenvalue weighted by molar-refractivity contribution is -0.183. The van der Waals surface area contributed by atoms with Crippen molar-refractivity contribution in [3.63, 3.8) is 0 Å². The lowest BCUT2D eigenvalue weighted by Gasteiger charge is -2.62. The average Bonchev–Trinajstić information content (AvgIpc) is 3.26. The Balaban J connectivity index is 1.39. The molecule has 4 fully saturated rings. The Morgan fingerprint density at radius 1 is 1.02 bits per heavy atom. The van der Waals surface area contributed by atoms with Crippen LogP contribution in [-0.4, -0.2) is 48.6 Å². The summed E-state index contributed by atoms with van der Waals surface area (Å²) >= 11 is 0. The van der Waals surface area contributed by atoms with Crippen molar-refractivity contribution in [3.8, 4) is 0 Å². The lowest BCUT2D eigenvalue weighted by Crippen LogP contribution is -2.59. The fourth-order valence-electron chi connectivity index (χ4n) is 9.98. The Bertz CT molecular complexity index is 901. The molecule has 0 saturated heterocycles. The highest BCUT2D eigenvalue weighted by Crippen LogP contribution is 2.68. The van der Waals surface area contributed by atoms with Crippen LogP contribution < -0.4 is 0 Å². The number of fused-ring (bicyclic) bond motifs is 5. The molecule has 11 unspecified atom stereocenters. The van der Waals surface area contributed by atoms with Crippen molar-refractivity contribution >= 4 is 11.9 Å². The molecule has 1 N–H and O–H groups in total. The van der Waals surface area contributed by atoms with Gasteiger partial charge in [0.25, 0.3) is 0 Å². The van der Waals surface area contributed by atoms with E-state index in [0.29, 0.717) is 48.5 Å². The zero-order valence-electron chi connectivity index (χ0n) is 26.7. The summed E-state index contributed by atoms with van der Waals surface area (Å²) in [7, 11) is 1.62. The quantitative estimate of drug-likeness (QED) is 0.290. The van der Waals surface area contributed by atoms with Gasteiger partial charge in [0, 0.05) is 13.5 Å². The summed E-state index contributed by atoms with van der Waals surface area (Å²) in [4.78, 5) is 25.1. The molecule has 0 aromatic rings. The Morgan fingerprint density at radius 3 is 2.42 bits per heavy atom. The van der Waals surface area contributed by atoms with Crippen molar-refractivity contribution in [2.45, 2.75) is 137 Å². The van der Waals surface area contributed by atoms with Crippen molar-refractivity contribution in [2.24, 2.45) is 52.3 Å². The average molecular weight is 563 g/mol.